The van der Waals surface area contributed by atoms with Crippen LogP contribution in [0, 0.1) is 6.92 Å². The first-order valence-corrected chi connectivity index (χ1v) is 9.06. The number of nitrogens with zero attached hydrogens (tertiary/aromatic N) is 2. The molecule has 0 spiro atoms. The smallest absolute Gasteiger partial charge is 0.244 e. The summed E-state index contributed by atoms with van der Waals surface area (Å²) in [6, 6.07) is 7.01. The molecule has 0 aliphatic carbocycles. The molecule has 1 aromatic heterocycles. The molecule has 6 heteroatoms. The standard InChI is InChI=1S/C16H21N3O2S/c1-12-7-8-15(14-6-4-9-18-16(12)14)22(20,21)19-10-3-2-5-13(19)11-17/h4,6-9,13H,2-3,5,10-11,17H2,1H3. The summed E-state index contributed by atoms with van der Waals surface area (Å²) in [6.07, 6.45) is 4.44. The van der Waals surface area contributed by atoms with Crippen molar-refractivity contribution in [3.05, 3.63) is 36.0 Å². The van der Waals surface area contributed by atoms with Crippen LogP contribution >= 0.6 is 0 Å². The average molecular weight is 319 g/mol. The van der Waals surface area contributed by atoms with Crippen LogP contribution in [0.3, 0.4) is 0 Å². The number of nitrogens with two attached hydrogens (primary N) is 1. The van der Waals surface area contributed by atoms with E-state index in [0.717, 1.165) is 30.3 Å². The summed E-state index contributed by atoms with van der Waals surface area (Å²) >= 11 is 0. The van der Waals surface area contributed by atoms with Gasteiger partial charge in [-0.05, 0) is 43.5 Å². The Hall–Kier alpha value is -1.50. The van der Waals surface area contributed by atoms with Gasteiger partial charge < -0.3 is 5.73 Å². The van der Waals surface area contributed by atoms with Crippen molar-refractivity contribution in [3.8, 4) is 0 Å². The molecule has 2 aromatic rings. The molecule has 1 unspecified atom stereocenters. The molecule has 0 bridgehead atoms. The lowest BCUT2D eigenvalue weighted by Crippen LogP contribution is -2.47. The molecule has 1 atom stereocenters. The van der Waals surface area contributed by atoms with Gasteiger partial charge in [0, 0.05) is 30.7 Å². The molecule has 0 amide bonds. The summed E-state index contributed by atoms with van der Waals surface area (Å²) in [6.45, 7) is 2.84. The second-order valence-corrected chi connectivity index (χ2v) is 7.64. The summed E-state index contributed by atoms with van der Waals surface area (Å²) in [5.74, 6) is 0. The van der Waals surface area contributed by atoms with E-state index in [1.165, 1.54) is 0 Å². The minimum Gasteiger partial charge on any atom is -0.329 e. The number of aromatic nitrogens is 1. The van der Waals surface area contributed by atoms with Crippen LogP contribution < -0.4 is 5.73 Å². The van der Waals surface area contributed by atoms with Crippen LogP contribution in [-0.4, -0.2) is 36.8 Å². The second-order valence-electron chi connectivity index (χ2n) is 5.78. The fourth-order valence-corrected chi connectivity index (χ4v) is 5.05. The van der Waals surface area contributed by atoms with Crippen molar-refractivity contribution < 1.29 is 8.42 Å². The van der Waals surface area contributed by atoms with Crippen LogP contribution in [0.2, 0.25) is 0 Å². The van der Waals surface area contributed by atoms with Crippen LogP contribution in [0.1, 0.15) is 24.8 Å². The Morgan fingerprint density at radius 2 is 2.14 bits per heavy atom. The topological polar surface area (TPSA) is 76.3 Å². The summed E-state index contributed by atoms with van der Waals surface area (Å²) in [7, 11) is -3.55. The van der Waals surface area contributed by atoms with E-state index < -0.39 is 10.0 Å². The molecule has 1 aromatic carbocycles. The number of pyridine rings is 1. The maximum absolute atomic E-state index is 13.1. The highest BCUT2D eigenvalue weighted by molar-refractivity contribution is 7.89. The molecule has 0 radical (unpaired) electrons. The zero-order valence-electron chi connectivity index (χ0n) is 12.7. The number of aryl methyl sites for hydroxylation is 1. The Morgan fingerprint density at radius 3 is 2.91 bits per heavy atom. The second kappa shape index (κ2) is 5.95. The van der Waals surface area contributed by atoms with Gasteiger partial charge in [0.1, 0.15) is 0 Å². The van der Waals surface area contributed by atoms with Crippen molar-refractivity contribution in [2.24, 2.45) is 5.73 Å². The van der Waals surface area contributed by atoms with E-state index in [-0.39, 0.29) is 6.04 Å². The third-order valence-electron chi connectivity index (χ3n) is 4.36. The molecule has 2 heterocycles. The van der Waals surface area contributed by atoms with Crippen molar-refractivity contribution in [1.29, 1.82) is 0 Å². The molecule has 2 N–H and O–H groups in total. The molecule has 1 saturated heterocycles. The lowest BCUT2D eigenvalue weighted by molar-refractivity contribution is 0.258. The normalized spacial score (nSPS) is 20.4. The van der Waals surface area contributed by atoms with Gasteiger partial charge >= 0.3 is 0 Å². The van der Waals surface area contributed by atoms with E-state index in [4.69, 9.17) is 5.73 Å². The van der Waals surface area contributed by atoms with Gasteiger partial charge in [0.15, 0.2) is 0 Å². The fraction of sp³-hybridized carbons (Fsp3) is 0.438. The van der Waals surface area contributed by atoms with E-state index in [1.807, 2.05) is 19.1 Å². The zero-order chi connectivity index (χ0) is 15.7. The summed E-state index contributed by atoms with van der Waals surface area (Å²) < 4.78 is 27.8. The minimum atomic E-state index is -3.55. The number of fused-ring (bicyclic) bond motifs is 1. The van der Waals surface area contributed by atoms with Gasteiger partial charge in [-0.15, -0.1) is 0 Å². The maximum Gasteiger partial charge on any atom is 0.244 e. The molecular weight excluding hydrogens is 298 g/mol. The van der Waals surface area contributed by atoms with E-state index in [9.17, 15) is 8.42 Å². The first-order chi connectivity index (χ1) is 10.6. The first-order valence-electron chi connectivity index (χ1n) is 7.62. The Bertz CT molecular complexity index is 789. The predicted molar refractivity (Wildman–Crippen MR) is 87.1 cm³/mol. The molecule has 1 aliphatic heterocycles. The quantitative estimate of drug-likeness (QED) is 0.939. The van der Waals surface area contributed by atoms with Gasteiger partial charge in [0.05, 0.1) is 10.4 Å². The van der Waals surface area contributed by atoms with Crippen LogP contribution in [0.5, 0.6) is 0 Å². The van der Waals surface area contributed by atoms with Gasteiger partial charge in [-0.2, -0.15) is 4.31 Å². The van der Waals surface area contributed by atoms with E-state index in [2.05, 4.69) is 4.98 Å². The highest BCUT2D eigenvalue weighted by Gasteiger charge is 2.33. The summed E-state index contributed by atoms with van der Waals surface area (Å²) in [5.41, 5.74) is 7.50. The van der Waals surface area contributed by atoms with Gasteiger partial charge in [-0.3, -0.25) is 4.98 Å². The molecule has 118 valence electrons. The van der Waals surface area contributed by atoms with E-state index in [0.29, 0.717) is 23.4 Å². The van der Waals surface area contributed by atoms with Gasteiger partial charge in [-0.25, -0.2) is 8.42 Å². The van der Waals surface area contributed by atoms with Crippen molar-refractivity contribution >= 4 is 20.9 Å². The highest BCUT2D eigenvalue weighted by Crippen LogP contribution is 2.30. The van der Waals surface area contributed by atoms with Gasteiger partial charge in [-0.1, -0.05) is 12.5 Å². The van der Waals surface area contributed by atoms with Gasteiger partial charge in [0.2, 0.25) is 10.0 Å². The third-order valence-corrected chi connectivity index (χ3v) is 6.37. The Morgan fingerprint density at radius 1 is 1.32 bits per heavy atom. The Labute approximate surface area is 131 Å². The number of benzene rings is 1. The van der Waals surface area contributed by atoms with Gasteiger partial charge in [0.25, 0.3) is 0 Å². The van der Waals surface area contributed by atoms with E-state index >= 15 is 0 Å². The molecule has 3 rings (SSSR count). The minimum absolute atomic E-state index is 0.105. The molecular formula is C16H21N3O2S. The largest absolute Gasteiger partial charge is 0.329 e. The number of rotatable bonds is 3. The van der Waals surface area contributed by atoms with Crippen molar-refractivity contribution in [1.82, 2.24) is 9.29 Å². The SMILES string of the molecule is Cc1ccc(S(=O)(=O)N2CCCCC2CN)c2cccnc12. The monoisotopic (exact) mass is 319 g/mol. The number of sulfonamides is 1. The molecule has 0 saturated carbocycles. The van der Waals surface area contributed by atoms with Crippen LogP contribution in [0.25, 0.3) is 10.9 Å². The lowest BCUT2D eigenvalue weighted by atomic mass is 10.1. The van der Waals surface area contributed by atoms with Crippen molar-refractivity contribution in [2.75, 3.05) is 13.1 Å². The van der Waals surface area contributed by atoms with Crippen molar-refractivity contribution in [3.63, 3.8) is 0 Å². The average Bonchev–Trinajstić information content (AvgIpc) is 2.55. The maximum atomic E-state index is 13.1. The summed E-state index contributed by atoms with van der Waals surface area (Å²) in [5, 5.41) is 0.684. The number of hydrogen-bond donors (Lipinski definition) is 1. The number of piperidine rings is 1. The molecule has 5 nitrogen and oxygen atoms in total. The third kappa shape index (κ3) is 2.51. The van der Waals surface area contributed by atoms with Crippen LogP contribution in [0.4, 0.5) is 0 Å². The number of hydrogen-bond acceptors (Lipinski definition) is 4. The Balaban J connectivity index is 2.15. The Kier molecular flexibility index (Phi) is 4.16. The highest BCUT2D eigenvalue weighted by atomic mass is 32.2. The zero-order valence-corrected chi connectivity index (χ0v) is 13.5. The first kappa shape index (κ1) is 15.4. The predicted octanol–water partition coefficient (Wildman–Crippen LogP) is 2.05. The summed E-state index contributed by atoms with van der Waals surface area (Å²) in [4.78, 5) is 4.67. The lowest BCUT2D eigenvalue weighted by Gasteiger charge is -2.34. The fourth-order valence-electron chi connectivity index (χ4n) is 3.17. The molecule has 22 heavy (non-hydrogen) atoms. The molecule has 1 fully saturated rings. The van der Waals surface area contributed by atoms with Crippen LogP contribution in [0.15, 0.2) is 35.4 Å². The van der Waals surface area contributed by atoms with E-state index in [1.54, 1.807) is 22.6 Å². The van der Waals surface area contributed by atoms with Crippen molar-refractivity contribution in [2.45, 2.75) is 37.1 Å². The van der Waals surface area contributed by atoms with Crippen LogP contribution in [-0.2, 0) is 10.0 Å². The molecule has 1 aliphatic rings.